The minimum Gasteiger partial charge on any atom is -0.508 e. The summed E-state index contributed by atoms with van der Waals surface area (Å²) in [7, 11) is 0. The molecule has 49 heavy (non-hydrogen) atoms. The molecule has 0 aromatic heterocycles. The van der Waals surface area contributed by atoms with Crippen LogP contribution >= 0.6 is 0 Å². The van der Waals surface area contributed by atoms with Crippen molar-refractivity contribution in [2.45, 2.75) is 32.6 Å². The summed E-state index contributed by atoms with van der Waals surface area (Å²) >= 11 is 0. The van der Waals surface area contributed by atoms with E-state index in [0.29, 0.717) is 23.7 Å². The fourth-order valence-corrected chi connectivity index (χ4v) is 5.08. The number of unbranched alkanes of at least 4 members (excludes halogenated alkanes) is 3. The van der Waals surface area contributed by atoms with Crippen LogP contribution in [-0.2, 0) is 9.53 Å². The number of anilines is 1. The van der Waals surface area contributed by atoms with Crippen LogP contribution in [0.15, 0.2) is 153 Å². The van der Waals surface area contributed by atoms with Gasteiger partial charge in [-0.2, -0.15) is 20.5 Å². The van der Waals surface area contributed by atoms with E-state index in [0.717, 1.165) is 72.3 Å². The molecule has 248 valence electrons. The average molecular weight is 654 g/mol. The smallest absolute Gasteiger partial charge is 0.330 e. The molecule has 0 atom stereocenters. The Morgan fingerprint density at radius 2 is 1.12 bits per heavy atom. The van der Waals surface area contributed by atoms with E-state index < -0.39 is 0 Å². The van der Waals surface area contributed by atoms with Crippen molar-refractivity contribution in [2.24, 2.45) is 30.7 Å². The van der Waals surface area contributed by atoms with Crippen LogP contribution in [0.1, 0.15) is 32.6 Å². The number of azo groups is 3. The minimum atomic E-state index is -0.363. The summed E-state index contributed by atoms with van der Waals surface area (Å²) in [5.41, 5.74) is 5.41. The first kappa shape index (κ1) is 34.3. The van der Waals surface area contributed by atoms with Gasteiger partial charge in [-0.1, -0.05) is 37.3 Å². The van der Waals surface area contributed by atoms with Crippen molar-refractivity contribution in [1.29, 1.82) is 0 Å². The van der Waals surface area contributed by atoms with Gasteiger partial charge in [0.05, 0.1) is 40.7 Å². The van der Waals surface area contributed by atoms with Gasteiger partial charge in [0.1, 0.15) is 5.75 Å². The maximum atomic E-state index is 11.1. The van der Waals surface area contributed by atoms with Gasteiger partial charge in [0.25, 0.3) is 0 Å². The summed E-state index contributed by atoms with van der Waals surface area (Å²) in [4.78, 5) is 13.5. The Morgan fingerprint density at radius 1 is 0.653 bits per heavy atom. The molecular formula is C39H39N7O3. The summed E-state index contributed by atoms with van der Waals surface area (Å²) in [5.74, 6) is -0.178. The molecule has 0 heterocycles. The number of carbonyl (C=O) groups is 1. The SMILES string of the molecule is C=CC(=O)OCCCCCCN(CC)c1ccc(N=Nc2ccc(N=Nc3ccc(N=Nc4ccc(O)cc4)cc3)c3ccccc23)cc1. The van der Waals surface area contributed by atoms with Crippen molar-refractivity contribution in [3.8, 4) is 5.75 Å². The van der Waals surface area contributed by atoms with Crippen LogP contribution in [-0.4, -0.2) is 30.8 Å². The maximum absolute atomic E-state index is 11.1. The molecule has 0 saturated heterocycles. The van der Waals surface area contributed by atoms with Crippen molar-refractivity contribution in [1.82, 2.24) is 0 Å². The van der Waals surface area contributed by atoms with Gasteiger partial charge in [0, 0.05) is 35.6 Å². The zero-order valence-electron chi connectivity index (χ0n) is 27.5. The van der Waals surface area contributed by atoms with E-state index in [-0.39, 0.29) is 11.7 Å². The van der Waals surface area contributed by atoms with Crippen LogP contribution in [0.3, 0.4) is 0 Å². The first-order valence-corrected chi connectivity index (χ1v) is 16.3. The molecule has 0 saturated carbocycles. The summed E-state index contributed by atoms with van der Waals surface area (Å²) in [6.07, 6.45) is 5.22. The van der Waals surface area contributed by atoms with Gasteiger partial charge in [0.15, 0.2) is 0 Å². The number of carbonyl (C=O) groups excluding carboxylic acids is 1. The molecule has 0 aliphatic rings. The molecule has 0 radical (unpaired) electrons. The van der Waals surface area contributed by atoms with Crippen molar-refractivity contribution in [3.05, 3.63) is 122 Å². The molecule has 0 bridgehead atoms. The van der Waals surface area contributed by atoms with Crippen LogP contribution in [0.25, 0.3) is 10.8 Å². The first-order chi connectivity index (χ1) is 24.0. The standard InChI is InChI=1S/C39H39N7O3/c1-3-39(48)49-28-10-6-5-9-27-46(4-2)33-21-17-31(18-22-33)43-45-38-26-25-37(35-11-7-8-12-36(35)38)44-42-30-15-13-29(14-16-30)40-41-32-19-23-34(47)24-20-32/h3,7-8,11-26,47H,1,4-6,9-10,27-28H2,2H3. The fourth-order valence-electron chi connectivity index (χ4n) is 5.08. The maximum Gasteiger partial charge on any atom is 0.330 e. The van der Waals surface area contributed by atoms with Gasteiger partial charge >= 0.3 is 5.97 Å². The Bertz CT molecular complexity index is 1920. The van der Waals surface area contributed by atoms with Gasteiger partial charge in [-0.05, 0) is 111 Å². The third kappa shape index (κ3) is 10.2. The Balaban J connectivity index is 1.18. The van der Waals surface area contributed by atoms with E-state index >= 15 is 0 Å². The lowest BCUT2D eigenvalue weighted by molar-refractivity contribution is -0.137. The number of esters is 1. The molecule has 0 aliphatic heterocycles. The second-order valence-corrected chi connectivity index (χ2v) is 11.2. The highest BCUT2D eigenvalue weighted by atomic mass is 16.5. The predicted octanol–water partition coefficient (Wildman–Crippen LogP) is 11.9. The van der Waals surface area contributed by atoms with E-state index in [9.17, 15) is 9.90 Å². The Kier molecular flexibility index (Phi) is 12.4. The predicted molar refractivity (Wildman–Crippen MR) is 195 cm³/mol. The van der Waals surface area contributed by atoms with Crippen molar-refractivity contribution < 1.29 is 14.6 Å². The molecule has 0 spiro atoms. The summed E-state index contributed by atoms with van der Waals surface area (Å²) in [6, 6.07) is 33.7. The van der Waals surface area contributed by atoms with Crippen LogP contribution in [0.4, 0.5) is 39.8 Å². The van der Waals surface area contributed by atoms with E-state index in [1.54, 1.807) is 24.3 Å². The van der Waals surface area contributed by atoms with Gasteiger partial charge in [-0.25, -0.2) is 4.79 Å². The van der Waals surface area contributed by atoms with Gasteiger partial charge < -0.3 is 14.7 Å². The third-order valence-electron chi connectivity index (χ3n) is 7.73. The van der Waals surface area contributed by atoms with E-state index in [2.05, 4.69) is 61.2 Å². The van der Waals surface area contributed by atoms with Crippen LogP contribution in [0, 0.1) is 0 Å². The summed E-state index contributed by atoms with van der Waals surface area (Å²) in [5, 5.41) is 37.8. The molecule has 0 unspecified atom stereocenters. The number of phenolic OH excluding ortho intramolecular Hbond substituents is 1. The lowest BCUT2D eigenvalue weighted by Gasteiger charge is -2.23. The monoisotopic (exact) mass is 653 g/mol. The Morgan fingerprint density at radius 3 is 1.63 bits per heavy atom. The third-order valence-corrected chi connectivity index (χ3v) is 7.73. The highest BCUT2D eigenvalue weighted by Crippen LogP contribution is 2.35. The largest absolute Gasteiger partial charge is 0.508 e. The van der Waals surface area contributed by atoms with Crippen LogP contribution in [0.2, 0.25) is 0 Å². The fraction of sp³-hybridized carbons (Fsp3) is 0.205. The number of fused-ring (bicyclic) bond motifs is 1. The lowest BCUT2D eigenvalue weighted by atomic mass is 10.1. The van der Waals surface area contributed by atoms with E-state index in [4.69, 9.17) is 4.74 Å². The number of nitrogens with zero attached hydrogens (tertiary/aromatic N) is 7. The zero-order chi connectivity index (χ0) is 34.3. The summed E-state index contributed by atoms with van der Waals surface area (Å²) in [6.45, 7) is 7.88. The molecule has 1 N–H and O–H groups in total. The zero-order valence-corrected chi connectivity index (χ0v) is 27.5. The molecule has 5 aromatic carbocycles. The topological polar surface area (TPSA) is 124 Å². The first-order valence-electron chi connectivity index (χ1n) is 16.3. The number of aromatic hydroxyl groups is 1. The molecule has 0 aliphatic carbocycles. The molecule has 5 aromatic rings. The van der Waals surface area contributed by atoms with Gasteiger partial charge in [0.2, 0.25) is 0 Å². The number of phenols is 1. The highest BCUT2D eigenvalue weighted by Gasteiger charge is 2.07. The van der Waals surface area contributed by atoms with Gasteiger partial charge in [-0.3, -0.25) is 0 Å². The molecule has 10 nitrogen and oxygen atoms in total. The van der Waals surface area contributed by atoms with Crippen LogP contribution < -0.4 is 4.90 Å². The number of hydrogen-bond acceptors (Lipinski definition) is 10. The average Bonchev–Trinajstić information content (AvgIpc) is 3.15. The Hall–Kier alpha value is -6.03. The number of benzene rings is 5. The van der Waals surface area contributed by atoms with Gasteiger partial charge in [-0.15, -0.1) is 10.2 Å². The molecule has 0 fully saturated rings. The second kappa shape index (κ2) is 17.8. The van der Waals surface area contributed by atoms with E-state index in [1.807, 2.05) is 72.8 Å². The minimum absolute atomic E-state index is 0.185. The summed E-state index contributed by atoms with van der Waals surface area (Å²) < 4.78 is 5.04. The number of hydrogen-bond donors (Lipinski definition) is 1. The Labute approximate surface area is 286 Å². The molecule has 10 heteroatoms. The lowest BCUT2D eigenvalue weighted by Crippen LogP contribution is -2.23. The second-order valence-electron chi connectivity index (χ2n) is 11.2. The number of rotatable bonds is 16. The van der Waals surface area contributed by atoms with Crippen molar-refractivity contribution in [2.75, 3.05) is 24.6 Å². The van der Waals surface area contributed by atoms with Crippen molar-refractivity contribution >= 4 is 56.6 Å². The van der Waals surface area contributed by atoms with Crippen LogP contribution in [0.5, 0.6) is 5.75 Å². The quantitative estimate of drug-likeness (QED) is 0.0492. The van der Waals surface area contributed by atoms with E-state index in [1.165, 1.54) is 6.08 Å². The normalized spacial score (nSPS) is 11.5. The molecular weight excluding hydrogens is 614 g/mol. The molecule has 5 rings (SSSR count). The van der Waals surface area contributed by atoms with Crippen molar-refractivity contribution in [3.63, 3.8) is 0 Å². The highest BCUT2D eigenvalue weighted by molar-refractivity contribution is 5.99. The molecule has 0 amide bonds. The number of ether oxygens (including phenoxy) is 1.